The van der Waals surface area contributed by atoms with Crippen LogP contribution in [0.5, 0.6) is 0 Å². The van der Waals surface area contributed by atoms with E-state index in [4.69, 9.17) is 4.74 Å². The molecule has 0 aromatic carbocycles. The van der Waals surface area contributed by atoms with Crippen LogP contribution < -0.4 is 5.32 Å². The van der Waals surface area contributed by atoms with E-state index < -0.39 is 0 Å². The number of hydrogen-bond donors (Lipinski definition) is 1. The minimum absolute atomic E-state index is 0.194. The van der Waals surface area contributed by atoms with Crippen LogP contribution in [0.3, 0.4) is 0 Å². The maximum absolute atomic E-state index is 11.7. The second kappa shape index (κ2) is 5.56. The van der Waals surface area contributed by atoms with Crippen molar-refractivity contribution in [1.29, 1.82) is 0 Å². The summed E-state index contributed by atoms with van der Waals surface area (Å²) < 4.78 is 5.04. The Balaban J connectivity index is 2.77. The molecule has 1 rings (SSSR count). The average molecular weight is 210 g/mol. The van der Waals surface area contributed by atoms with Gasteiger partial charge in [0.2, 0.25) is 0 Å². The quantitative estimate of drug-likeness (QED) is 0.687. The van der Waals surface area contributed by atoms with Crippen LogP contribution in [0.4, 0.5) is 0 Å². The first-order valence-electron chi connectivity index (χ1n) is 5.10. The third-order valence-electron chi connectivity index (χ3n) is 2.19. The second-order valence-corrected chi connectivity index (χ2v) is 3.56. The highest BCUT2D eigenvalue weighted by Gasteiger charge is 2.25. The predicted octanol–water partition coefficient (Wildman–Crippen LogP) is 0.523. The number of ether oxygens (including phenoxy) is 1. The summed E-state index contributed by atoms with van der Waals surface area (Å²) >= 11 is 0. The molecule has 84 valence electrons. The molecular formula is C11H18N2O2. The summed E-state index contributed by atoms with van der Waals surface area (Å²) in [4.78, 5) is 13.6. The van der Waals surface area contributed by atoms with Crippen LogP contribution in [0.2, 0.25) is 0 Å². The lowest BCUT2D eigenvalue weighted by Gasteiger charge is -2.24. The number of nitrogens with one attached hydrogen (secondary N) is 1. The van der Waals surface area contributed by atoms with Crippen LogP contribution in [0.1, 0.15) is 6.92 Å². The first-order valence-corrected chi connectivity index (χ1v) is 5.10. The molecule has 0 aromatic heterocycles. The molecule has 0 fully saturated rings. The van der Waals surface area contributed by atoms with Gasteiger partial charge in [-0.25, -0.2) is 4.79 Å². The van der Waals surface area contributed by atoms with Gasteiger partial charge in [-0.15, -0.1) is 0 Å². The largest absolute Gasteiger partial charge is 0.465 e. The van der Waals surface area contributed by atoms with E-state index in [1.807, 2.05) is 44.3 Å². The Labute approximate surface area is 90.6 Å². The van der Waals surface area contributed by atoms with Gasteiger partial charge in [-0.1, -0.05) is 6.08 Å². The van der Waals surface area contributed by atoms with Crippen molar-refractivity contribution in [2.45, 2.75) is 13.0 Å². The van der Waals surface area contributed by atoms with E-state index in [-0.39, 0.29) is 12.0 Å². The van der Waals surface area contributed by atoms with Crippen molar-refractivity contribution in [1.82, 2.24) is 10.2 Å². The predicted molar refractivity (Wildman–Crippen MR) is 59.3 cm³/mol. The van der Waals surface area contributed by atoms with Gasteiger partial charge >= 0.3 is 5.97 Å². The molecule has 1 unspecified atom stereocenters. The maximum atomic E-state index is 11.7. The van der Waals surface area contributed by atoms with Crippen molar-refractivity contribution in [3.05, 3.63) is 23.9 Å². The molecule has 1 aliphatic heterocycles. The van der Waals surface area contributed by atoms with Crippen LogP contribution in [-0.4, -0.2) is 44.2 Å². The van der Waals surface area contributed by atoms with Gasteiger partial charge in [0.15, 0.2) is 0 Å². The first kappa shape index (κ1) is 11.8. The number of nitrogens with zero attached hydrogens (tertiary/aromatic N) is 1. The fourth-order valence-electron chi connectivity index (χ4n) is 1.54. The van der Waals surface area contributed by atoms with E-state index in [2.05, 4.69) is 5.32 Å². The van der Waals surface area contributed by atoms with Crippen LogP contribution in [0.15, 0.2) is 23.9 Å². The summed E-state index contributed by atoms with van der Waals surface area (Å²) in [6.07, 6.45) is 5.76. The highest BCUT2D eigenvalue weighted by atomic mass is 16.5. The Bertz CT molecular complexity index is 282. The molecule has 0 radical (unpaired) electrons. The third kappa shape index (κ3) is 3.09. The number of hydrogen-bond acceptors (Lipinski definition) is 4. The lowest BCUT2D eigenvalue weighted by molar-refractivity contribution is -0.147. The molecule has 0 amide bonds. The molecule has 0 saturated carbocycles. The SMILES string of the molecule is CCOC(=O)C(C1=CCNC=C1)N(C)C. The molecule has 1 N–H and O–H groups in total. The zero-order chi connectivity index (χ0) is 11.3. The molecule has 1 atom stereocenters. The van der Waals surface area contributed by atoms with Crippen molar-refractivity contribution >= 4 is 5.97 Å². The Morgan fingerprint density at radius 3 is 2.87 bits per heavy atom. The summed E-state index contributed by atoms with van der Waals surface area (Å²) in [5.41, 5.74) is 0.984. The molecule has 0 aliphatic carbocycles. The van der Waals surface area contributed by atoms with Gasteiger partial charge < -0.3 is 10.1 Å². The maximum Gasteiger partial charge on any atom is 0.327 e. The normalized spacial score (nSPS) is 16.9. The highest BCUT2D eigenvalue weighted by molar-refractivity contribution is 5.80. The summed E-state index contributed by atoms with van der Waals surface area (Å²) in [5.74, 6) is -0.194. The minimum Gasteiger partial charge on any atom is -0.465 e. The summed E-state index contributed by atoms with van der Waals surface area (Å²) in [7, 11) is 3.75. The van der Waals surface area contributed by atoms with E-state index in [1.54, 1.807) is 0 Å². The fourth-order valence-corrected chi connectivity index (χ4v) is 1.54. The van der Waals surface area contributed by atoms with Crippen molar-refractivity contribution < 1.29 is 9.53 Å². The number of esters is 1. The topological polar surface area (TPSA) is 41.6 Å². The summed E-state index contributed by atoms with van der Waals surface area (Å²) in [6.45, 7) is 2.99. The number of carbonyl (C=O) groups excluding carboxylic acids is 1. The number of carbonyl (C=O) groups is 1. The smallest absolute Gasteiger partial charge is 0.327 e. The Kier molecular flexibility index (Phi) is 4.37. The average Bonchev–Trinajstić information content (AvgIpc) is 2.19. The number of likely N-dealkylation sites (N-methyl/N-ethyl adjacent to an activating group) is 1. The molecule has 0 spiro atoms. The van der Waals surface area contributed by atoms with Crippen LogP contribution in [0, 0.1) is 0 Å². The van der Waals surface area contributed by atoms with Crippen LogP contribution >= 0.6 is 0 Å². The van der Waals surface area contributed by atoms with Gasteiger partial charge in [0, 0.05) is 6.54 Å². The van der Waals surface area contributed by atoms with Gasteiger partial charge in [0.25, 0.3) is 0 Å². The standard InChI is InChI=1S/C11H18N2O2/c1-4-15-11(14)10(13(2)3)9-5-7-12-8-6-9/h5-7,10,12H,4,8H2,1-3H3. The molecule has 1 aliphatic rings. The minimum atomic E-state index is -0.303. The molecule has 0 saturated heterocycles. The van der Waals surface area contributed by atoms with Crippen molar-refractivity contribution in [3.8, 4) is 0 Å². The molecule has 0 bridgehead atoms. The zero-order valence-corrected chi connectivity index (χ0v) is 9.49. The number of rotatable bonds is 4. The highest BCUT2D eigenvalue weighted by Crippen LogP contribution is 2.13. The Morgan fingerprint density at radius 1 is 1.67 bits per heavy atom. The van der Waals surface area contributed by atoms with Gasteiger partial charge in [-0.05, 0) is 38.9 Å². The van der Waals surface area contributed by atoms with E-state index in [0.29, 0.717) is 6.61 Å². The summed E-state index contributed by atoms with van der Waals surface area (Å²) in [6, 6.07) is -0.303. The van der Waals surface area contributed by atoms with E-state index >= 15 is 0 Å². The molecule has 0 aromatic rings. The molecule has 4 nitrogen and oxygen atoms in total. The third-order valence-corrected chi connectivity index (χ3v) is 2.19. The van der Waals surface area contributed by atoms with Gasteiger partial charge in [-0.3, -0.25) is 4.90 Å². The van der Waals surface area contributed by atoms with Gasteiger partial charge in [-0.2, -0.15) is 0 Å². The first-order chi connectivity index (χ1) is 7.16. The van der Waals surface area contributed by atoms with Crippen molar-refractivity contribution in [2.24, 2.45) is 0 Å². The Morgan fingerprint density at radius 2 is 2.40 bits per heavy atom. The van der Waals surface area contributed by atoms with Crippen molar-refractivity contribution in [2.75, 3.05) is 27.2 Å². The van der Waals surface area contributed by atoms with Crippen LogP contribution in [0.25, 0.3) is 0 Å². The van der Waals surface area contributed by atoms with Crippen LogP contribution in [-0.2, 0) is 9.53 Å². The summed E-state index contributed by atoms with van der Waals surface area (Å²) in [5, 5.41) is 3.05. The lowest BCUT2D eigenvalue weighted by atomic mass is 10.0. The fraction of sp³-hybridized carbons (Fsp3) is 0.545. The van der Waals surface area contributed by atoms with Gasteiger partial charge in [0.1, 0.15) is 6.04 Å². The number of dihydropyridines is 1. The van der Waals surface area contributed by atoms with E-state index in [0.717, 1.165) is 12.1 Å². The van der Waals surface area contributed by atoms with Crippen molar-refractivity contribution in [3.63, 3.8) is 0 Å². The molecule has 15 heavy (non-hydrogen) atoms. The van der Waals surface area contributed by atoms with Gasteiger partial charge in [0.05, 0.1) is 6.61 Å². The molecule has 1 heterocycles. The molecule has 4 heteroatoms. The zero-order valence-electron chi connectivity index (χ0n) is 9.49. The lowest BCUT2D eigenvalue weighted by Crippen LogP contribution is -2.39. The monoisotopic (exact) mass is 210 g/mol. The second-order valence-electron chi connectivity index (χ2n) is 3.56. The molecular weight excluding hydrogens is 192 g/mol. The Hall–Kier alpha value is -1.29. The van der Waals surface area contributed by atoms with E-state index in [9.17, 15) is 4.79 Å². The van der Waals surface area contributed by atoms with E-state index in [1.165, 1.54) is 0 Å².